The van der Waals surface area contributed by atoms with Gasteiger partial charge in [-0.1, -0.05) is 59.6 Å². The van der Waals surface area contributed by atoms with Crippen molar-refractivity contribution in [3.05, 3.63) is 69.7 Å². The van der Waals surface area contributed by atoms with Crippen LogP contribution in [0.4, 0.5) is 0 Å². The number of nitrogens with one attached hydrogen (secondary N) is 2. The molecule has 0 fully saturated rings. The number of benzene rings is 2. The van der Waals surface area contributed by atoms with Crippen molar-refractivity contribution in [2.45, 2.75) is 6.54 Å². The molecule has 2 amide bonds. The number of carbonyl (C=O) groups excluding carboxylic acids is 2. The second-order valence-corrected chi connectivity index (χ2v) is 5.36. The van der Waals surface area contributed by atoms with Crippen LogP contribution in [-0.4, -0.2) is 18.0 Å². The molecule has 0 aliphatic heterocycles. The Morgan fingerprint density at radius 1 is 1.00 bits per heavy atom. The molecular formula is C16H13Cl2N3O2. The molecule has 0 saturated heterocycles. The van der Waals surface area contributed by atoms with Crippen LogP contribution in [0.5, 0.6) is 0 Å². The van der Waals surface area contributed by atoms with Crippen molar-refractivity contribution in [2.75, 3.05) is 0 Å². The third-order valence-corrected chi connectivity index (χ3v) is 3.56. The molecule has 2 aromatic carbocycles. The molecular weight excluding hydrogens is 337 g/mol. The number of amides is 2. The molecule has 0 atom stereocenters. The van der Waals surface area contributed by atoms with Crippen molar-refractivity contribution in [2.24, 2.45) is 5.10 Å². The fourth-order valence-electron chi connectivity index (χ4n) is 1.67. The van der Waals surface area contributed by atoms with Gasteiger partial charge in [0.15, 0.2) is 0 Å². The highest BCUT2D eigenvalue weighted by Crippen LogP contribution is 2.21. The van der Waals surface area contributed by atoms with Gasteiger partial charge in [-0.15, -0.1) is 0 Å². The molecule has 0 bridgehead atoms. The van der Waals surface area contributed by atoms with E-state index in [-0.39, 0.29) is 6.54 Å². The summed E-state index contributed by atoms with van der Waals surface area (Å²) >= 11 is 11.7. The minimum absolute atomic E-state index is 0.267. The van der Waals surface area contributed by atoms with Crippen molar-refractivity contribution in [1.82, 2.24) is 10.7 Å². The van der Waals surface area contributed by atoms with Crippen molar-refractivity contribution >= 4 is 41.2 Å². The number of rotatable bonds is 4. The van der Waals surface area contributed by atoms with Crippen molar-refractivity contribution in [1.29, 1.82) is 0 Å². The van der Waals surface area contributed by atoms with Crippen molar-refractivity contribution < 1.29 is 9.59 Å². The summed E-state index contributed by atoms with van der Waals surface area (Å²) in [5, 5.41) is 7.00. The number of nitrogens with zero attached hydrogens (tertiary/aromatic N) is 1. The van der Waals surface area contributed by atoms with Crippen LogP contribution >= 0.6 is 23.2 Å². The lowest BCUT2D eigenvalue weighted by molar-refractivity contribution is -0.139. The summed E-state index contributed by atoms with van der Waals surface area (Å²) in [5.74, 6) is -1.61. The van der Waals surface area contributed by atoms with Gasteiger partial charge in [0.2, 0.25) is 0 Å². The first-order valence-electron chi connectivity index (χ1n) is 6.66. The van der Waals surface area contributed by atoms with Gasteiger partial charge < -0.3 is 5.32 Å². The van der Waals surface area contributed by atoms with E-state index in [2.05, 4.69) is 15.8 Å². The Hall–Kier alpha value is -2.37. The zero-order chi connectivity index (χ0) is 16.7. The molecule has 2 aromatic rings. The predicted octanol–water partition coefficient (Wildman–Crippen LogP) is 2.76. The highest BCUT2D eigenvalue weighted by Gasteiger charge is 2.11. The van der Waals surface area contributed by atoms with E-state index < -0.39 is 11.8 Å². The molecule has 0 unspecified atom stereocenters. The second-order valence-electron chi connectivity index (χ2n) is 4.54. The highest BCUT2D eigenvalue weighted by atomic mass is 35.5. The minimum atomic E-state index is -0.850. The topological polar surface area (TPSA) is 70.6 Å². The fraction of sp³-hybridized carbons (Fsp3) is 0.0625. The van der Waals surface area contributed by atoms with Gasteiger partial charge in [0.05, 0.1) is 16.3 Å². The van der Waals surface area contributed by atoms with E-state index >= 15 is 0 Å². The lowest BCUT2D eigenvalue weighted by atomic mass is 10.2. The van der Waals surface area contributed by atoms with Crippen LogP contribution in [-0.2, 0) is 16.1 Å². The molecule has 5 nitrogen and oxygen atoms in total. The molecule has 2 rings (SSSR count). The smallest absolute Gasteiger partial charge is 0.329 e. The number of hydrogen-bond donors (Lipinski definition) is 2. The number of carbonyl (C=O) groups is 2. The maximum Gasteiger partial charge on any atom is 0.329 e. The monoisotopic (exact) mass is 349 g/mol. The van der Waals surface area contributed by atoms with Crippen LogP contribution < -0.4 is 10.7 Å². The van der Waals surface area contributed by atoms with E-state index in [1.54, 1.807) is 18.2 Å². The van der Waals surface area contributed by atoms with Crippen LogP contribution in [0, 0.1) is 0 Å². The second kappa shape index (κ2) is 8.31. The molecule has 0 heterocycles. The largest absolute Gasteiger partial charge is 0.344 e. The Kier molecular flexibility index (Phi) is 6.14. The first-order chi connectivity index (χ1) is 11.1. The van der Waals surface area contributed by atoms with Crippen LogP contribution in [0.1, 0.15) is 11.1 Å². The average Bonchev–Trinajstić information content (AvgIpc) is 2.56. The van der Waals surface area contributed by atoms with Gasteiger partial charge in [0.1, 0.15) is 0 Å². The maximum atomic E-state index is 11.6. The molecule has 0 radical (unpaired) electrons. The summed E-state index contributed by atoms with van der Waals surface area (Å²) < 4.78 is 0. The molecule has 0 aliphatic rings. The van der Waals surface area contributed by atoms with E-state index in [0.29, 0.717) is 15.6 Å². The van der Waals surface area contributed by atoms with Gasteiger partial charge >= 0.3 is 11.8 Å². The number of halogens is 2. The number of hydrogen-bond acceptors (Lipinski definition) is 3. The standard InChI is InChI=1S/C16H13Cl2N3O2/c17-13-7-6-12(8-14(13)18)10-20-21-16(23)15(22)19-9-11-4-2-1-3-5-11/h1-8,10H,9H2,(H,19,22)(H,21,23)/b20-10-. The maximum absolute atomic E-state index is 11.6. The Morgan fingerprint density at radius 3 is 2.43 bits per heavy atom. The minimum Gasteiger partial charge on any atom is -0.344 e. The Balaban J connectivity index is 1.82. The third-order valence-electron chi connectivity index (χ3n) is 2.83. The average molecular weight is 350 g/mol. The van der Waals surface area contributed by atoms with Crippen LogP contribution in [0.2, 0.25) is 10.0 Å². The van der Waals surface area contributed by atoms with Gasteiger partial charge in [-0.25, -0.2) is 5.43 Å². The quantitative estimate of drug-likeness (QED) is 0.506. The van der Waals surface area contributed by atoms with E-state index in [9.17, 15) is 9.59 Å². The third kappa shape index (κ3) is 5.39. The zero-order valence-electron chi connectivity index (χ0n) is 11.9. The summed E-state index contributed by atoms with van der Waals surface area (Å²) in [6, 6.07) is 14.1. The van der Waals surface area contributed by atoms with Crippen molar-refractivity contribution in [3.8, 4) is 0 Å². The Labute approximate surface area is 143 Å². The molecule has 0 spiro atoms. The predicted molar refractivity (Wildman–Crippen MR) is 90.5 cm³/mol. The molecule has 0 aliphatic carbocycles. The van der Waals surface area contributed by atoms with Gasteiger partial charge in [-0.05, 0) is 23.3 Å². The van der Waals surface area contributed by atoms with E-state index in [1.165, 1.54) is 6.21 Å². The number of hydrazone groups is 1. The molecule has 23 heavy (non-hydrogen) atoms. The van der Waals surface area contributed by atoms with Gasteiger partial charge in [-0.2, -0.15) is 5.10 Å². The van der Waals surface area contributed by atoms with Gasteiger partial charge in [0.25, 0.3) is 0 Å². The summed E-state index contributed by atoms with van der Waals surface area (Å²) in [7, 11) is 0. The molecule has 7 heteroatoms. The summed E-state index contributed by atoms with van der Waals surface area (Å²) in [4.78, 5) is 23.2. The SMILES string of the molecule is O=C(NCc1ccccc1)C(=O)N/N=C\c1ccc(Cl)c(Cl)c1. The molecule has 2 N–H and O–H groups in total. The summed E-state index contributed by atoms with van der Waals surface area (Å²) in [5.41, 5.74) is 3.68. The Bertz CT molecular complexity index is 733. The van der Waals surface area contributed by atoms with Crippen molar-refractivity contribution in [3.63, 3.8) is 0 Å². The molecule has 118 valence electrons. The molecule has 0 aromatic heterocycles. The Morgan fingerprint density at radius 2 is 1.74 bits per heavy atom. The van der Waals surface area contributed by atoms with Crippen LogP contribution in [0.3, 0.4) is 0 Å². The normalized spacial score (nSPS) is 10.5. The zero-order valence-corrected chi connectivity index (χ0v) is 13.4. The summed E-state index contributed by atoms with van der Waals surface area (Å²) in [6.45, 7) is 0.267. The lowest BCUT2D eigenvalue weighted by Gasteiger charge is -2.03. The van der Waals surface area contributed by atoms with E-state index in [1.807, 2.05) is 30.3 Å². The van der Waals surface area contributed by atoms with Gasteiger partial charge in [-0.3, -0.25) is 9.59 Å². The van der Waals surface area contributed by atoms with E-state index in [4.69, 9.17) is 23.2 Å². The van der Waals surface area contributed by atoms with Crippen LogP contribution in [0.15, 0.2) is 53.6 Å². The fourth-order valence-corrected chi connectivity index (χ4v) is 1.97. The van der Waals surface area contributed by atoms with E-state index in [0.717, 1.165) is 5.56 Å². The first kappa shape index (κ1) is 17.0. The lowest BCUT2D eigenvalue weighted by Crippen LogP contribution is -2.37. The van der Waals surface area contributed by atoms with Gasteiger partial charge in [0, 0.05) is 6.54 Å². The molecule has 0 saturated carbocycles. The first-order valence-corrected chi connectivity index (χ1v) is 7.42. The summed E-state index contributed by atoms with van der Waals surface area (Å²) in [6.07, 6.45) is 1.37. The van der Waals surface area contributed by atoms with Crippen LogP contribution in [0.25, 0.3) is 0 Å². The highest BCUT2D eigenvalue weighted by molar-refractivity contribution is 6.42.